The molecule has 0 amide bonds. The molecule has 3 nitrogen and oxygen atoms in total. The number of nitrogens with one attached hydrogen (secondary N) is 1. The van der Waals surface area contributed by atoms with Gasteiger partial charge in [-0.3, -0.25) is 0 Å². The Morgan fingerprint density at radius 2 is 2.13 bits per heavy atom. The van der Waals surface area contributed by atoms with Crippen molar-refractivity contribution in [2.24, 2.45) is 0 Å². The molecule has 0 saturated carbocycles. The van der Waals surface area contributed by atoms with Gasteiger partial charge in [-0.15, -0.1) is 0 Å². The monoisotopic (exact) mass is 335 g/mol. The van der Waals surface area contributed by atoms with E-state index in [2.05, 4.69) is 37.2 Å². The summed E-state index contributed by atoms with van der Waals surface area (Å²) in [4.78, 5) is 0. The Kier molecular flexibility index (Phi) is 3.66. The molecule has 0 aromatic heterocycles. The van der Waals surface area contributed by atoms with E-state index in [0.29, 0.717) is 13.2 Å². The molecule has 82 valence electrons. The zero-order valence-corrected chi connectivity index (χ0v) is 11.1. The fourth-order valence-corrected chi connectivity index (χ4v) is 2.21. The zero-order chi connectivity index (χ0) is 10.8. The Labute approximate surface area is 105 Å². The first-order valence-electron chi connectivity index (χ1n) is 4.64. The average molecular weight is 337 g/mol. The van der Waals surface area contributed by atoms with Crippen LogP contribution in [0.2, 0.25) is 0 Å². The van der Waals surface area contributed by atoms with Gasteiger partial charge in [0.1, 0.15) is 0 Å². The molecule has 0 aliphatic carbocycles. The summed E-state index contributed by atoms with van der Waals surface area (Å²) in [5.74, 6) is 0. The van der Waals surface area contributed by atoms with Gasteiger partial charge in [0.15, 0.2) is 0 Å². The third-order valence-corrected chi connectivity index (χ3v) is 3.50. The van der Waals surface area contributed by atoms with E-state index in [9.17, 15) is 5.11 Å². The lowest BCUT2D eigenvalue weighted by Gasteiger charge is -2.17. The van der Waals surface area contributed by atoms with Gasteiger partial charge < -0.3 is 15.2 Å². The molecule has 1 heterocycles. The van der Waals surface area contributed by atoms with Crippen LogP contribution in [-0.4, -0.2) is 30.5 Å². The van der Waals surface area contributed by atoms with Crippen molar-refractivity contribution in [2.75, 3.05) is 18.5 Å². The largest absolute Gasteiger partial charge is 0.388 e. The van der Waals surface area contributed by atoms with Crippen LogP contribution in [0.25, 0.3) is 0 Å². The van der Waals surface area contributed by atoms with Crippen molar-refractivity contribution < 1.29 is 9.84 Å². The minimum atomic E-state index is -0.434. The number of halogens is 2. The van der Waals surface area contributed by atoms with Crippen LogP contribution in [0.5, 0.6) is 0 Å². The molecule has 2 N–H and O–H groups in total. The van der Waals surface area contributed by atoms with E-state index in [1.807, 2.05) is 18.2 Å². The van der Waals surface area contributed by atoms with Crippen molar-refractivity contribution in [1.29, 1.82) is 0 Å². The Morgan fingerprint density at radius 1 is 1.33 bits per heavy atom. The molecule has 1 aromatic rings. The third kappa shape index (κ3) is 2.72. The first-order chi connectivity index (χ1) is 7.16. The highest BCUT2D eigenvalue weighted by Gasteiger charge is 2.26. The van der Waals surface area contributed by atoms with Gasteiger partial charge in [-0.2, -0.15) is 0 Å². The quantitative estimate of drug-likeness (QED) is 0.871. The highest BCUT2D eigenvalue weighted by Crippen LogP contribution is 2.27. The van der Waals surface area contributed by atoms with E-state index in [1.54, 1.807) is 0 Å². The van der Waals surface area contributed by atoms with Gasteiger partial charge in [0.25, 0.3) is 0 Å². The van der Waals surface area contributed by atoms with Gasteiger partial charge in [-0.05, 0) is 34.1 Å². The summed E-state index contributed by atoms with van der Waals surface area (Å²) in [6.07, 6.45) is -0.434. The maximum absolute atomic E-state index is 9.60. The molecular formula is C10H11Br2NO2. The predicted molar refractivity (Wildman–Crippen MR) is 66.1 cm³/mol. The van der Waals surface area contributed by atoms with Gasteiger partial charge in [-0.1, -0.05) is 15.9 Å². The van der Waals surface area contributed by atoms with Crippen molar-refractivity contribution >= 4 is 37.5 Å². The third-order valence-electron chi connectivity index (χ3n) is 2.32. The summed E-state index contributed by atoms with van der Waals surface area (Å²) in [6, 6.07) is 5.84. The normalized spacial score (nSPS) is 25.5. The lowest BCUT2D eigenvalue weighted by Crippen LogP contribution is -2.31. The van der Waals surface area contributed by atoms with Crippen molar-refractivity contribution in [3.63, 3.8) is 0 Å². The molecule has 2 rings (SSSR count). The molecule has 1 saturated heterocycles. The van der Waals surface area contributed by atoms with Crippen LogP contribution in [0.15, 0.2) is 27.1 Å². The second-order valence-corrected chi connectivity index (χ2v) is 5.25. The summed E-state index contributed by atoms with van der Waals surface area (Å²) >= 11 is 6.86. The number of benzene rings is 1. The van der Waals surface area contributed by atoms with Crippen LogP contribution in [0, 0.1) is 0 Å². The smallest absolute Gasteiger partial charge is 0.0996 e. The van der Waals surface area contributed by atoms with Crippen molar-refractivity contribution in [3.05, 3.63) is 27.1 Å². The van der Waals surface area contributed by atoms with Crippen molar-refractivity contribution in [3.8, 4) is 0 Å². The van der Waals surface area contributed by atoms with Crippen LogP contribution < -0.4 is 5.32 Å². The van der Waals surface area contributed by atoms with E-state index < -0.39 is 6.10 Å². The zero-order valence-electron chi connectivity index (χ0n) is 7.91. The van der Waals surface area contributed by atoms with E-state index in [0.717, 1.165) is 14.6 Å². The maximum Gasteiger partial charge on any atom is 0.0996 e. The number of hydrogen-bond donors (Lipinski definition) is 2. The van der Waals surface area contributed by atoms with E-state index in [-0.39, 0.29) is 6.04 Å². The molecule has 0 spiro atoms. The number of aliphatic hydroxyl groups is 1. The first kappa shape index (κ1) is 11.4. The van der Waals surface area contributed by atoms with Gasteiger partial charge in [0.2, 0.25) is 0 Å². The van der Waals surface area contributed by atoms with Crippen molar-refractivity contribution in [1.82, 2.24) is 0 Å². The highest BCUT2D eigenvalue weighted by molar-refractivity contribution is 9.11. The number of ether oxygens (including phenoxy) is 1. The van der Waals surface area contributed by atoms with Gasteiger partial charge in [0, 0.05) is 14.6 Å². The van der Waals surface area contributed by atoms with E-state index in [1.165, 1.54) is 0 Å². The van der Waals surface area contributed by atoms with Crippen molar-refractivity contribution in [2.45, 2.75) is 12.1 Å². The maximum atomic E-state index is 9.60. The fraction of sp³-hybridized carbons (Fsp3) is 0.400. The van der Waals surface area contributed by atoms with Crippen LogP contribution in [0.3, 0.4) is 0 Å². The summed E-state index contributed by atoms with van der Waals surface area (Å²) in [6.45, 7) is 0.948. The van der Waals surface area contributed by atoms with Crippen LogP contribution in [-0.2, 0) is 4.74 Å². The Balaban J connectivity index is 2.12. The predicted octanol–water partition coefficient (Wildman–Crippen LogP) is 2.38. The molecular weight excluding hydrogens is 326 g/mol. The van der Waals surface area contributed by atoms with Gasteiger partial charge >= 0.3 is 0 Å². The van der Waals surface area contributed by atoms with E-state index in [4.69, 9.17) is 4.74 Å². The lowest BCUT2D eigenvalue weighted by atomic mass is 10.2. The molecule has 1 aliphatic heterocycles. The summed E-state index contributed by atoms with van der Waals surface area (Å²) in [7, 11) is 0. The molecule has 2 atom stereocenters. The summed E-state index contributed by atoms with van der Waals surface area (Å²) in [5.41, 5.74) is 0.957. The molecule has 1 aliphatic rings. The summed E-state index contributed by atoms with van der Waals surface area (Å²) in [5, 5.41) is 12.8. The minimum absolute atomic E-state index is 0.0319. The fourth-order valence-electron chi connectivity index (χ4n) is 1.49. The molecule has 0 bridgehead atoms. The van der Waals surface area contributed by atoms with Gasteiger partial charge in [0.05, 0.1) is 25.4 Å². The molecule has 1 fully saturated rings. The molecule has 1 aromatic carbocycles. The van der Waals surface area contributed by atoms with E-state index >= 15 is 0 Å². The summed E-state index contributed by atoms with van der Waals surface area (Å²) < 4.78 is 7.15. The Bertz CT molecular complexity index is 359. The average Bonchev–Trinajstić information content (AvgIpc) is 2.58. The molecule has 2 unspecified atom stereocenters. The van der Waals surface area contributed by atoms with Gasteiger partial charge in [-0.25, -0.2) is 0 Å². The second kappa shape index (κ2) is 4.82. The highest BCUT2D eigenvalue weighted by atomic mass is 79.9. The second-order valence-electron chi connectivity index (χ2n) is 3.48. The number of hydrogen-bond acceptors (Lipinski definition) is 3. The standard InChI is InChI=1S/C10H11Br2NO2/c11-6-1-2-7(12)8(3-6)13-9-4-15-5-10(9)14/h1-3,9-10,13-14H,4-5H2. The Morgan fingerprint density at radius 3 is 2.80 bits per heavy atom. The SMILES string of the molecule is OC1COCC1Nc1cc(Br)ccc1Br. The minimum Gasteiger partial charge on any atom is -0.388 e. The first-order valence-corrected chi connectivity index (χ1v) is 6.23. The number of rotatable bonds is 2. The molecule has 5 heteroatoms. The van der Waals surface area contributed by atoms with Crippen LogP contribution in [0.1, 0.15) is 0 Å². The van der Waals surface area contributed by atoms with Crippen LogP contribution in [0.4, 0.5) is 5.69 Å². The van der Waals surface area contributed by atoms with Crippen LogP contribution >= 0.6 is 31.9 Å². The number of anilines is 1. The molecule has 0 radical (unpaired) electrons. The topological polar surface area (TPSA) is 41.5 Å². The Hall–Kier alpha value is -0.100. The lowest BCUT2D eigenvalue weighted by molar-refractivity contribution is 0.125. The number of aliphatic hydroxyl groups excluding tert-OH is 1. The molecule has 15 heavy (non-hydrogen) atoms.